The highest BCUT2D eigenvalue weighted by Crippen LogP contribution is 2.18. The Morgan fingerprint density at radius 1 is 1.18 bits per heavy atom. The second-order valence-electron chi connectivity index (χ2n) is 5.09. The van der Waals surface area contributed by atoms with Crippen LogP contribution in [-0.4, -0.2) is 21.3 Å². The zero-order valence-electron chi connectivity index (χ0n) is 12.0. The molecule has 1 aromatic heterocycles. The minimum absolute atomic E-state index is 0.358. The van der Waals surface area contributed by atoms with E-state index in [1.54, 1.807) is 4.68 Å². The monoisotopic (exact) mass is 311 g/mol. The number of benzene rings is 2. The lowest BCUT2D eigenvalue weighted by molar-refractivity contribution is 0.111. The van der Waals surface area contributed by atoms with Gasteiger partial charge in [0, 0.05) is 11.4 Å². The Labute approximate surface area is 133 Å². The van der Waals surface area contributed by atoms with Crippen LogP contribution >= 0.6 is 11.6 Å². The number of aldehydes is 1. The molecule has 0 fully saturated rings. The predicted octanol–water partition coefficient (Wildman–Crippen LogP) is 3.63. The maximum Gasteiger partial charge on any atom is 0.172 e. The lowest BCUT2D eigenvalue weighted by atomic mass is 10.1. The molecule has 0 unspecified atom stereocenters. The summed E-state index contributed by atoms with van der Waals surface area (Å²) in [6, 6.07) is 15.5. The SMILES string of the molecule is Cc1cccc(-n2nnc(C=O)c2Cc2ccc(Cl)cc2)c1. The van der Waals surface area contributed by atoms with Crippen LogP contribution in [0, 0.1) is 6.92 Å². The summed E-state index contributed by atoms with van der Waals surface area (Å²) in [4.78, 5) is 11.2. The third-order valence-corrected chi connectivity index (χ3v) is 3.69. The van der Waals surface area contributed by atoms with Crippen molar-refractivity contribution in [1.29, 1.82) is 0 Å². The van der Waals surface area contributed by atoms with Crippen molar-refractivity contribution >= 4 is 17.9 Å². The number of aromatic nitrogens is 3. The highest BCUT2D eigenvalue weighted by molar-refractivity contribution is 6.30. The maximum absolute atomic E-state index is 11.2. The van der Waals surface area contributed by atoms with E-state index in [1.165, 1.54) is 0 Å². The van der Waals surface area contributed by atoms with Crippen molar-refractivity contribution in [2.45, 2.75) is 13.3 Å². The molecule has 3 aromatic rings. The molecular formula is C17H14ClN3O. The molecule has 0 amide bonds. The summed E-state index contributed by atoms with van der Waals surface area (Å²) in [6.07, 6.45) is 1.30. The summed E-state index contributed by atoms with van der Waals surface area (Å²) in [5.74, 6) is 0. The van der Waals surface area contributed by atoms with Crippen LogP contribution in [-0.2, 0) is 6.42 Å². The first-order chi connectivity index (χ1) is 10.7. The van der Waals surface area contributed by atoms with Crippen LogP contribution in [0.3, 0.4) is 0 Å². The summed E-state index contributed by atoms with van der Waals surface area (Å²) < 4.78 is 1.71. The molecule has 0 N–H and O–H groups in total. The molecule has 22 heavy (non-hydrogen) atoms. The molecule has 4 nitrogen and oxygen atoms in total. The van der Waals surface area contributed by atoms with Crippen LogP contribution in [0.2, 0.25) is 5.02 Å². The fraction of sp³-hybridized carbons (Fsp3) is 0.118. The molecule has 5 heteroatoms. The van der Waals surface area contributed by atoms with Gasteiger partial charge in [0.15, 0.2) is 6.29 Å². The predicted molar refractivity (Wildman–Crippen MR) is 85.7 cm³/mol. The first kappa shape index (κ1) is 14.5. The van der Waals surface area contributed by atoms with E-state index >= 15 is 0 Å². The zero-order chi connectivity index (χ0) is 15.5. The second kappa shape index (κ2) is 6.12. The number of rotatable bonds is 4. The summed E-state index contributed by atoms with van der Waals surface area (Å²) >= 11 is 5.91. The van der Waals surface area contributed by atoms with E-state index < -0.39 is 0 Å². The van der Waals surface area contributed by atoms with Crippen LogP contribution in [0.4, 0.5) is 0 Å². The average Bonchev–Trinajstić information content (AvgIpc) is 2.92. The Morgan fingerprint density at radius 2 is 1.95 bits per heavy atom. The fourth-order valence-electron chi connectivity index (χ4n) is 2.33. The number of hydrogen-bond donors (Lipinski definition) is 0. The molecule has 2 aromatic carbocycles. The molecule has 0 aliphatic rings. The first-order valence-corrected chi connectivity index (χ1v) is 7.26. The van der Waals surface area contributed by atoms with Gasteiger partial charge in [-0.3, -0.25) is 4.79 Å². The van der Waals surface area contributed by atoms with Gasteiger partial charge in [0.1, 0.15) is 5.69 Å². The van der Waals surface area contributed by atoms with Crippen LogP contribution in [0.25, 0.3) is 5.69 Å². The normalized spacial score (nSPS) is 10.6. The van der Waals surface area contributed by atoms with Gasteiger partial charge in [0.05, 0.1) is 11.4 Å². The molecule has 110 valence electrons. The van der Waals surface area contributed by atoms with Crippen molar-refractivity contribution in [3.63, 3.8) is 0 Å². The van der Waals surface area contributed by atoms with E-state index in [4.69, 9.17) is 11.6 Å². The lowest BCUT2D eigenvalue weighted by Gasteiger charge is -2.08. The Kier molecular flexibility index (Phi) is 4.02. The standard InChI is InChI=1S/C17H14ClN3O/c1-12-3-2-4-15(9-12)21-17(16(11-22)19-20-21)10-13-5-7-14(18)8-6-13/h2-9,11H,10H2,1H3. The van der Waals surface area contributed by atoms with E-state index in [0.29, 0.717) is 17.1 Å². The molecule has 0 radical (unpaired) electrons. The van der Waals surface area contributed by atoms with Gasteiger partial charge in [-0.2, -0.15) is 0 Å². The van der Waals surface area contributed by atoms with Crippen LogP contribution in [0.5, 0.6) is 0 Å². The van der Waals surface area contributed by atoms with E-state index in [1.807, 2.05) is 55.5 Å². The van der Waals surface area contributed by atoms with E-state index in [9.17, 15) is 4.79 Å². The van der Waals surface area contributed by atoms with Gasteiger partial charge >= 0.3 is 0 Å². The Hall–Kier alpha value is -2.46. The van der Waals surface area contributed by atoms with Crippen molar-refractivity contribution in [2.24, 2.45) is 0 Å². The first-order valence-electron chi connectivity index (χ1n) is 6.88. The summed E-state index contributed by atoms with van der Waals surface area (Å²) in [5.41, 5.74) is 4.19. The molecule has 0 spiro atoms. The molecule has 3 rings (SSSR count). The summed E-state index contributed by atoms with van der Waals surface area (Å²) in [5, 5.41) is 8.78. The zero-order valence-corrected chi connectivity index (χ0v) is 12.8. The topological polar surface area (TPSA) is 47.8 Å². The molecule has 0 aliphatic carbocycles. The van der Waals surface area contributed by atoms with Gasteiger partial charge in [0.25, 0.3) is 0 Å². The Balaban J connectivity index is 2.04. The summed E-state index contributed by atoms with van der Waals surface area (Å²) in [6.45, 7) is 2.01. The lowest BCUT2D eigenvalue weighted by Crippen LogP contribution is -2.05. The molecule has 0 atom stereocenters. The molecule has 0 saturated carbocycles. The number of hydrogen-bond acceptors (Lipinski definition) is 3. The third kappa shape index (κ3) is 2.92. The maximum atomic E-state index is 11.2. The summed E-state index contributed by atoms with van der Waals surface area (Å²) in [7, 11) is 0. The number of aryl methyl sites for hydroxylation is 1. The van der Waals surface area contributed by atoms with E-state index in [2.05, 4.69) is 10.3 Å². The minimum Gasteiger partial charge on any atom is -0.296 e. The van der Waals surface area contributed by atoms with Crippen molar-refractivity contribution < 1.29 is 4.79 Å². The second-order valence-corrected chi connectivity index (χ2v) is 5.53. The highest BCUT2D eigenvalue weighted by atomic mass is 35.5. The van der Waals surface area contributed by atoms with Crippen LogP contribution < -0.4 is 0 Å². The third-order valence-electron chi connectivity index (χ3n) is 3.44. The van der Waals surface area contributed by atoms with Gasteiger partial charge in [-0.1, -0.05) is 41.1 Å². The van der Waals surface area contributed by atoms with Gasteiger partial charge in [-0.15, -0.1) is 5.10 Å². The molecule has 0 bridgehead atoms. The molecule has 0 aliphatic heterocycles. The minimum atomic E-state index is 0.358. The van der Waals surface area contributed by atoms with Crippen molar-refractivity contribution in [3.05, 3.63) is 76.1 Å². The Bertz CT molecular complexity index is 809. The van der Waals surface area contributed by atoms with Gasteiger partial charge in [-0.25, -0.2) is 4.68 Å². The molecular weight excluding hydrogens is 298 g/mol. The van der Waals surface area contributed by atoms with Gasteiger partial charge < -0.3 is 0 Å². The number of carbonyl (C=O) groups is 1. The average molecular weight is 312 g/mol. The number of carbonyl (C=O) groups excluding carboxylic acids is 1. The van der Waals surface area contributed by atoms with E-state index in [-0.39, 0.29) is 0 Å². The number of nitrogens with zero attached hydrogens (tertiary/aromatic N) is 3. The van der Waals surface area contributed by atoms with Crippen molar-refractivity contribution in [3.8, 4) is 5.69 Å². The van der Waals surface area contributed by atoms with Crippen LogP contribution in [0.1, 0.15) is 27.3 Å². The highest BCUT2D eigenvalue weighted by Gasteiger charge is 2.14. The Morgan fingerprint density at radius 3 is 2.64 bits per heavy atom. The van der Waals surface area contributed by atoms with Crippen LogP contribution in [0.15, 0.2) is 48.5 Å². The largest absolute Gasteiger partial charge is 0.296 e. The van der Waals surface area contributed by atoms with E-state index in [0.717, 1.165) is 28.8 Å². The molecule has 1 heterocycles. The fourth-order valence-corrected chi connectivity index (χ4v) is 2.46. The molecule has 0 saturated heterocycles. The van der Waals surface area contributed by atoms with Crippen molar-refractivity contribution in [2.75, 3.05) is 0 Å². The number of halogens is 1. The van der Waals surface area contributed by atoms with Crippen molar-refractivity contribution in [1.82, 2.24) is 15.0 Å². The quantitative estimate of drug-likeness (QED) is 0.691. The van der Waals surface area contributed by atoms with Gasteiger partial charge in [0.2, 0.25) is 0 Å². The van der Waals surface area contributed by atoms with Gasteiger partial charge in [-0.05, 0) is 42.3 Å². The smallest absolute Gasteiger partial charge is 0.172 e.